The molecule has 0 bridgehead atoms. The molecule has 0 heterocycles. The minimum atomic E-state index is -0.311. The van der Waals surface area contributed by atoms with Crippen LogP contribution in [0.25, 0.3) is 0 Å². The fourth-order valence-corrected chi connectivity index (χ4v) is 1.97. The van der Waals surface area contributed by atoms with E-state index in [9.17, 15) is 9.18 Å². The molecular formula is C16H17FN2O2. The van der Waals surface area contributed by atoms with Crippen LogP contribution in [0.3, 0.4) is 0 Å². The minimum absolute atomic E-state index is 0.260. The predicted molar refractivity (Wildman–Crippen MR) is 79.7 cm³/mol. The van der Waals surface area contributed by atoms with E-state index in [0.29, 0.717) is 17.0 Å². The molecule has 0 spiro atoms. The van der Waals surface area contributed by atoms with Crippen LogP contribution < -0.4 is 15.8 Å². The molecular weight excluding hydrogens is 271 g/mol. The highest BCUT2D eigenvalue weighted by Gasteiger charge is 2.14. The molecule has 0 saturated carbocycles. The summed E-state index contributed by atoms with van der Waals surface area (Å²) in [4.78, 5) is 12.3. The fourth-order valence-electron chi connectivity index (χ4n) is 1.97. The molecule has 0 aliphatic rings. The Bertz CT molecular complexity index is 641. The maximum absolute atomic E-state index is 12.9. The number of nitrogen functional groups attached to an aromatic ring is 1. The van der Waals surface area contributed by atoms with Gasteiger partial charge >= 0.3 is 0 Å². The number of halogens is 1. The van der Waals surface area contributed by atoms with Gasteiger partial charge in [0.1, 0.15) is 11.6 Å². The molecule has 4 nitrogen and oxygen atoms in total. The van der Waals surface area contributed by atoms with Crippen molar-refractivity contribution in [3.63, 3.8) is 0 Å². The number of nitrogens with one attached hydrogen (secondary N) is 1. The molecule has 0 aliphatic heterocycles. The molecule has 0 saturated heterocycles. The number of ether oxygens (including phenoxy) is 1. The zero-order valence-electron chi connectivity index (χ0n) is 11.9. The Labute approximate surface area is 122 Å². The van der Waals surface area contributed by atoms with E-state index in [1.807, 2.05) is 6.92 Å². The standard InChI is InChI=1S/C16H17FN2O2/c1-10(11-3-5-12(17)6-4-11)19-16(20)14-9-13(21-2)7-8-15(14)18/h3-10H,18H2,1-2H3,(H,19,20). The van der Waals surface area contributed by atoms with Crippen molar-refractivity contribution in [3.8, 4) is 5.75 Å². The molecule has 1 atom stereocenters. The quantitative estimate of drug-likeness (QED) is 0.850. The first-order valence-corrected chi connectivity index (χ1v) is 6.51. The lowest BCUT2D eigenvalue weighted by Crippen LogP contribution is -2.27. The Hall–Kier alpha value is -2.56. The summed E-state index contributed by atoms with van der Waals surface area (Å²) in [6, 6.07) is 10.6. The van der Waals surface area contributed by atoms with Crippen molar-refractivity contribution in [1.82, 2.24) is 5.32 Å². The average molecular weight is 288 g/mol. The second-order valence-corrected chi connectivity index (χ2v) is 4.70. The predicted octanol–water partition coefficient (Wildman–Crippen LogP) is 2.91. The Kier molecular flexibility index (Phi) is 4.42. The number of hydrogen-bond donors (Lipinski definition) is 2. The molecule has 2 aromatic carbocycles. The normalized spacial score (nSPS) is 11.8. The second-order valence-electron chi connectivity index (χ2n) is 4.70. The van der Waals surface area contributed by atoms with Crippen LogP contribution in [-0.4, -0.2) is 13.0 Å². The third kappa shape index (κ3) is 3.51. The monoisotopic (exact) mass is 288 g/mol. The zero-order chi connectivity index (χ0) is 15.4. The molecule has 110 valence electrons. The first-order chi connectivity index (χ1) is 10.0. The minimum Gasteiger partial charge on any atom is -0.497 e. The summed E-state index contributed by atoms with van der Waals surface area (Å²) < 4.78 is 18.0. The number of methoxy groups -OCH3 is 1. The van der Waals surface area contributed by atoms with Crippen LogP contribution >= 0.6 is 0 Å². The fraction of sp³-hybridized carbons (Fsp3) is 0.188. The van der Waals surface area contributed by atoms with Gasteiger partial charge in [0.25, 0.3) is 5.91 Å². The molecule has 0 radical (unpaired) electrons. The number of carbonyl (C=O) groups excluding carboxylic acids is 1. The number of hydrogen-bond acceptors (Lipinski definition) is 3. The van der Waals surface area contributed by atoms with Crippen LogP contribution in [0.5, 0.6) is 5.75 Å². The maximum Gasteiger partial charge on any atom is 0.253 e. The summed E-state index contributed by atoms with van der Waals surface area (Å²) in [5, 5.41) is 2.83. The summed E-state index contributed by atoms with van der Waals surface area (Å²) in [5.41, 5.74) is 7.35. The van der Waals surface area contributed by atoms with Gasteiger partial charge in [0.05, 0.1) is 18.7 Å². The zero-order valence-corrected chi connectivity index (χ0v) is 11.9. The molecule has 0 fully saturated rings. The van der Waals surface area contributed by atoms with Crippen molar-refractivity contribution in [1.29, 1.82) is 0 Å². The van der Waals surface area contributed by atoms with Gasteiger partial charge in [0.2, 0.25) is 0 Å². The van der Waals surface area contributed by atoms with Gasteiger partial charge in [-0.25, -0.2) is 4.39 Å². The maximum atomic E-state index is 12.9. The number of rotatable bonds is 4. The van der Waals surface area contributed by atoms with E-state index in [2.05, 4.69) is 5.32 Å². The van der Waals surface area contributed by atoms with Gasteiger partial charge in [0.15, 0.2) is 0 Å². The van der Waals surface area contributed by atoms with Gasteiger partial charge in [-0.05, 0) is 42.8 Å². The van der Waals surface area contributed by atoms with Gasteiger partial charge in [-0.1, -0.05) is 12.1 Å². The van der Waals surface area contributed by atoms with Gasteiger partial charge in [-0.3, -0.25) is 4.79 Å². The van der Waals surface area contributed by atoms with Crippen LogP contribution in [0, 0.1) is 5.82 Å². The lowest BCUT2D eigenvalue weighted by molar-refractivity contribution is 0.0940. The Morgan fingerprint density at radius 2 is 1.90 bits per heavy atom. The highest BCUT2D eigenvalue weighted by atomic mass is 19.1. The van der Waals surface area contributed by atoms with Gasteiger partial charge in [-0.15, -0.1) is 0 Å². The third-order valence-electron chi connectivity index (χ3n) is 3.22. The lowest BCUT2D eigenvalue weighted by Gasteiger charge is -2.15. The third-order valence-corrected chi connectivity index (χ3v) is 3.22. The molecule has 21 heavy (non-hydrogen) atoms. The molecule has 0 aliphatic carbocycles. The lowest BCUT2D eigenvalue weighted by atomic mass is 10.1. The Morgan fingerprint density at radius 3 is 2.52 bits per heavy atom. The summed E-state index contributed by atoms with van der Waals surface area (Å²) in [6.45, 7) is 1.82. The van der Waals surface area contributed by atoms with Crippen molar-refractivity contribution in [3.05, 3.63) is 59.4 Å². The smallest absolute Gasteiger partial charge is 0.253 e. The number of amides is 1. The van der Waals surface area contributed by atoms with E-state index in [1.165, 1.54) is 19.2 Å². The Balaban J connectivity index is 2.15. The van der Waals surface area contributed by atoms with Crippen molar-refractivity contribution < 1.29 is 13.9 Å². The molecule has 2 rings (SSSR count). The van der Waals surface area contributed by atoms with E-state index >= 15 is 0 Å². The first-order valence-electron chi connectivity index (χ1n) is 6.51. The van der Waals surface area contributed by atoms with E-state index in [-0.39, 0.29) is 17.8 Å². The van der Waals surface area contributed by atoms with Crippen molar-refractivity contribution >= 4 is 11.6 Å². The largest absolute Gasteiger partial charge is 0.497 e. The second kappa shape index (κ2) is 6.26. The van der Waals surface area contributed by atoms with E-state index in [4.69, 9.17) is 10.5 Å². The van der Waals surface area contributed by atoms with Crippen molar-refractivity contribution in [2.75, 3.05) is 12.8 Å². The van der Waals surface area contributed by atoms with E-state index < -0.39 is 0 Å². The molecule has 3 N–H and O–H groups in total. The summed E-state index contributed by atoms with van der Waals surface area (Å²) in [6.07, 6.45) is 0. The summed E-state index contributed by atoms with van der Waals surface area (Å²) in [7, 11) is 1.52. The highest BCUT2D eigenvalue weighted by molar-refractivity contribution is 5.99. The highest BCUT2D eigenvalue weighted by Crippen LogP contribution is 2.21. The Morgan fingerprint density at radius 1 is 1.24 bits per heavy atom. The van der Waals surface area contributed by atoms with E-state index in [1.54, 1.807) is 30.3 Å². The van der Waals surface area contributed by atoms with Gasteiger partial charge in [0, 0.05) is 5.69 Å². The molecule has 5 heteroatoms. The van der Waals surface area contributed by atoms with Crippen LogP contribution in [-0.2, 0) is 0 Å². The van der Waals surface area contributed by atoms with Gasteiger partial charge in [-0.2, -0.15) is 0 Å². The van der Waals surface area contributed by atoms with Crippen LogP contribution in [0.2, 0.25) is 0 Å². The van der Waals surface area contributed by atoms with Crippen molar-refractivity contribution in [2.45, 2.75) is 13.0 Å². The topological polar surface area (TPSA) is 64.3 Å². The summed E-state index contributed by atoms with van der Waals surface area (Å²) >= 11 is 0. The SMILES string of the molecule is COc1ccc(N)c(C(=O)NC(C)c2ccc(F)cc2)c1. The molecule has 1 unspecified atom stereocenters. The van der Waals surface area contributed by atoms with Crippen LogP contribution in [0.15, 0.2) is 42.5 Å². The van der Waals surface area contributed by atoms with Crippen molar-refractivity contribution in [2.24, 2.45) is 0 Å². The van der Waals surface area contributed by atoms with Crippen LogP contribution in [0.4, 0.5) is 10.1 Å². The van der Waals surface area contributed by atoms with E-state index in [0.717, 1.165) is 5.56 Å². The average Bonchev–Trinajstić information content (AvgIpc) is 2.48. The number of anilines is 1. The van der Waals surface area contributed by atoms with Gasteiger partial charge < -0.3 is 15.8 Å². The number of nitrogens with two attached hydrogens (primary N) is 1. The van der Waals surface area contributed by atoms with Crippen LogP contribution in [0.1, 0.15) is 28.9 Å². The number of benzene rings is 2. The molecule has 0 aromatic heterocycles. The first kappa shape index (κ1) is 14.8. The summed E-state index contributed by atoms with van der Waals surface area (Å²) in [5.74, 6) is -0.0543. The molecule has 2 aromatic rings. The number of carbonyl (C=O) groups is 1. The molecule has 1 amide bonds.